The molecule has 2 N–H and O–H groups in total. The van der Waals surface area contributed by atoms with Gasteiger partial charge in [-0.15, -0.1) is 11.3 Å². The van der Waals surface area contributed by atoms with E-state index in [2.05, 4.69) is 66.2 Å². The van der Waals surface area contributed by atoms with E-state index in [0.717, 1.165) is 5.56 Å². The lowest BCUT2D eigenvalue weighted by atomic mass is 10.1. The zero-order valence-electron chi connectivity index (χ0n) is 15.2. The van der Waals surface area contributed by atoms with Crippen molar-refractivity contribution in [1.29, 1.82) is 0 Å². The number of thiophene rings is 1. The highest BCUT2D eigenvalue weighted by molar-refractivity contribution is 7.10. The van der Waals surface area contributed by atoms with Crippen LogP contribution in [0.15, 0.2) is 78.2 Å². The van der Waals surface area contributed by atoms with Crippen molar-refractivity contribution in [2.45, 2.75) is 19.0 Å². The molecule has 0 fully saturated rings. The molecule has 1 amide bonds. The summed E-state index contributed by atoms with van der Waals surface area (Å²) in [5, 5.41) is 4.22. The van der Waals surface area contributed by atoms with Gasteiger partial charge in [0.1, 0.15) is 6.04 Å². The fourth-order valence-electron chi connectivity index (χ4n) is 3.08. The molecule has 134 valence electrons. The Balaban J connectivity index is 1.68. The minimum atomic E-state index is 0.0639. The molecule has 1 aromatic heterocycles. The second kappa shape index (κ2) is 8.79. The molecule has 0 saturated carbocycles. The third-order valence-corrected chi connectivity index (χ3v) is 5.75. The monoisotopic (exact) mass is 365 g/mol. The van der Waals surface area contributed by atoms with E-state index in [1.54, 1.807) is 11.3 Å². The molecule has 3 aromatic rings. The molecule has 0 saturated heterocycles. The van der Waals surface area contributed by atoms with Crippen LogP contribution in [0.5, 0.6) is 0 Å². The molecule has 0 radical (unpaired) electrons. The summed E-state index contributed by atoms with van der Waals surface area (Å²) in [6, 6.07) is 25.0. The Hall–Kier alpha value is -2.43. The summed E-state index contributed by atoms with van der Waals surface area (Å²) in [7, 11) is 1.89. The molecule has 1 heterocycles. The first-order valence-corrected chi connectivity index (χ1v) is 9.77. The van der Waals surface area contributed by atoms with Crippen LogP contribution in [0.3, 0.4) is 0 Å². The summed E-state index contributed by atoms with van der Waals surface area (Å²) in [6.07, 6.45) is 0. The van der Waals surface area contributed by atoms with Gasteiger partial charge >= 0.3 is 0 Å². The number of carbonyl (C=O) groups excluding carboxylic acids is 1. The van der Waals surface area contributed by atoms with Crippen LogP contribution in [0.1, 0.15) is 35.0 Å². The molecule has 0 aliphatic carbocycles. The van der Waals surface area contributed by atoms with Crippen LogP contribution < -0.4 is 5.32 Å². The Morgan fingerprint density at radius 3 is 2.15 bits per heavy atom. The summed E-state index contributed by atoms with van der Waals surface area (Å²) in [5.74, 6) is 0.138. The van der Waals surface area contributed by atoms with E-state index in [-0.39, 0.29) is 18.0 Å². The zero-order valence-corrected chi connectivity index (χ0v) is 16.0. The summed E-state index contributed by atoms with van der Waals surface area (Å²) in [6.45, 7) is 2.49. The van der Waals surface area contributed by atoms with Crippen molar-refractivity contribution in [3.8, 4) is 0 Å². The Bertz CT molecular complexity index is 803. The second-order valence-electron chi connectivity index (χ2n) is 6.43. The molecule has 2 atom stereocenters. The predicted octanol–water partition coefficient (Wildman–Crippen LogP) is 3.62. The van der Waals surface area contributed by atoms with Crippen LogP contribution in [0.2, 0.25) is 0 Å². The van der Waals surface area contributed by atoms with Crippen molar-refractivity contribution in [2.24, 2.45) is 0 Å². The normalized spacial score (nSPS) is 13.2. The smallest absolute Gasteiger partial charge is 0.277 e. The van der Waals surface area contributed by atoms with Gasteiger partial charge in [0.25, 0.3) is 5.91 Å². The van der Waals surface area contributed by atoms with Crippen molar-refractivity contribution in [3.63, 3.8) is 0 Å². The van der Waals surface area contributed by atoms with E-state index in [1.807, 2.05) is 36.2 Å². The Morgan fingerprint density at radius 1 is 0.962 bits per heavy atom. The van der Waals surface area contributed by atoms with Gasteiger partial charge in [-0.3, -0.25) is 4.79 Å². The number of carbonyl (C=O) groups is 1. The predicted molar refractivity (Wildman–Crippen MR) is 107 cm³/mol. The zero-order chi connectivity index (χ0) is 18.4. The highest BCUT2D eigenvalue weighted by atomic mass is 32.1. The highest BCUT2D eigenvalue weighted by Crippen LogP contribution is 2.22. The Labute approximate surface area is 159 Å². The van der Waals surface area contributed by atoms with Crippen LogP contribution in [0.25, 0.3) is 0 Å². The SMILES string of the molecule is C[C@H](c1ccccc1)N(C)C(=O)C[NH2+][C@@H](c1ccccc1)c1cccs1. The van der Waals surface area contributed by atoms with Crippen LogP contribution in [0.4, 0.5) is 0 Å². The molecule has 0 unspecified atom stereocenters. The van der Waals surface area contributed by atoms with Crippen molar-refractivity contribution in [1.82, 2.24) is 4.90 Å². The van der Waals surface area contributed by atoms with E-state index in [0.29, 0.717) is 6.54 Å². The number of amides is 1. The molecular formula is C22H25N2OS+. The summed E-state index contributed by atoms with van der Waals surface area (Å²) >= 11 is 1.73. The number of nitrogens with zero attached hydrogens (tertiary/aromatic N) is 1. The second-order valence-corrected chi connectivity index (χ2v) is 7.41. The lowest BCUT2D eigenvalue weighted by Crippen LogP contribution is -2.87. The highest BCUT2D eigenvalue weighted by Gasteiger charge is 2.23. The topological polar surface area (TPSA) is 36.9 Å². The quantitative estimate of drug-likeness (QED) is 0.682. The number of hydrogen-bond donors (Lipinski definition) is 1. The van der Waals surface area contributed by atoms with Crippen molar-refractivity contribution in [2.75, 3.05) is 13.6 Å². The van der Waals surface area contributed by atoms with Crippen LogP contribution >= 0.6 is 11.3 Å². The van der Waals surface area contributed by atoms with E-state index in [4.69, 9.17) is 0 Å². The minimum Gasteiger partial charge on any atom is -0.334 e. The lowest BCUT2D eigenvalue weighted by molar-refractivity contribution is -0.676. The van der Waals surface area contributed by atoms with Gasteiger partial charge < -0.3 is 10.2 Å². The number of nitrogens with two attached hydrogens (primary N) is 1. The molecule has 3 rings (SSSR count). The van der Waals surface area contributed by atoms with Gasteiger partial charge in [-0.05, 0) is 23.9 Å². The molecular weight excluding hydrogens is 340 g/mol. The van der Waals surface area contributed by atoms with Crippen molar-refractivity contribution >= 4 is 17.2 Å². The van der Waals surface area contributed by atoms with E-state index < -0.39 is 0 Å². The largest absolute Gasteiger partial charge is 0.334 e. The maximum atomic E-state index is 12.8. The average Bonchev–Trinajstić information content (AvgIpc) is 3.23. The summed E-state index contributed by atoms with van der Waals surface area (Å²) in [5.41, 5.74) is 2.38. The van der Waals surface area contributed by atoms with Gasteiger partial charge in [-0.2, -0.15) is 0 Å². The van der Waals surface area contributed by atoms with E-state index in [1.165, 1.54) is 10.4 Å². The first kappa shape index (κ1) is 18.4. The molecule has 0 bridgehead atoms. The Kier molecular flexibility index (Phi) is 6.21. The summed E-state index contributed by atoms with van der Waals surface area (Å²) < 4.78 is 0. The number of likely N-dealkylation sites (N-methyl/N-ethyl adjacent to an activating group) is 1. The van der Waals surface area contributed by atoms with Crippen LogP contribution in [-0.4, -0.2) is 24.4 Å². The molecule has 3 nitrogen and oxygen atoms in total. The standard InChI is InChI=1S/C22H24N2OS/c1-17(18-10-5-3-6-11-18)24(2)21(25)16-23-22(20-14-9-15-26-20)19-12-7-4-8-13-19/h3-15,17,22-23H,16H2,1-2H3/p+1/t17-,22+/m1/s1. The third-order valence-electron chi connectivity index (χ3n) is 4.79. The van der Waals surface area contributed by atoms with Gasteiger partial charge in [0.2, 0.25) is 0 Å². The molecule has 0 aliphatic heterocycles. The number of quaternary nitrogens is 1. The van der Waals surface area contributed by atoms with Gasteiger partial charge in [0, 0.05) is 12.6 Å². The fraction of sp³-hybridized carbons (Fsp3) is 0.227. The van der Waals surface area contributed by atoms with Gasteiger partial charge in [-0.1, -0.05) is 66.7 Å². The molecule has 26 heavy (non-hydrogen) atoms. The maximum Gasteiger partial charge on any atom is 0.277 e. The minimum absolute atomic E-state index is 0.0639. The average molecular weight is 366 g/mol. The first-order chi connectivity index (χ1) is 12.7. The Morgan fingerprint density at radius 2 is 1.58 bits per heavy atom. The number of rotatable bonds is 7. The fourth-order valence-corrected chi connectivity index (χ4v) is 3.93. The molecule has 0 spiro atoms. The van der Waals surface area contributed by atoms with Crippen molar-refractivity contribution in [3.05, 3.63) is 94.2 Å². The molecule has 4 heteroatoms. The van der Waals surface area contributed by atoms with Gasteiger partial charge in [0.15, 0.2) is 6.54 Å². The van der Waals surface area contributed by atoms with E-state index >= 15 is 0 Å². The van der Waals surface area contributed by atoms with Crippen LogP contribution in [-0.2, 0) is 4.79 Å². The third kappa shape index (κ3) is 4.40. The summed E-state index contributed by atoms with van der Waals surface area (Å²) in [4.78, 5) is 15.9. The number of hydrogen-bond acceptors (Lipinski definition) is 2. The van der Waals surface area contributed by atoms with Gasteiger partial charge in [-0.25, -0.2) is 0 Å². The van der Waals surface area contributed by atoms with E-state index in [9.17, 15) is 4.79 Å². The van der Waals surface area contributed by atoms with Crippen molar-refractivity contribution < 1.29 is 10.1 Å². The van der Waals surface area contributed by atoms with Crippen LogP contribution in [0, 0.1) is 0 Å². The van der Waals surface area contributed by atoms with Gasteiger partial charge in [0.05, 0.1) is 10.9 Å². The maximum absolute atomic E-state index is 12.8. The first-order valence-electron chi connectivity index (χ1n) is 8.89. The molecule has 2 aromatic carbocycles. The molecule has 0 aliphatic rings. The lowest BCUT2D eigenvalue weighted by Gasteiger charge is -2.25. The number of benzene rings is 2.